The first-order valence-corrected chi connectivity index (χ1v) is 7.08. The fourth-order valence-electron chi connectivity index (χ4n) is 1.97. The number of nitrogens with one attached hydrogen (secondary N) is 1. The van der Waals surface area contributed by atoms with Crippen molar-refractivity contribution in [2.45, 2.75) is 52.1 Å². The summed E-state index contributed by atoms with van der Waals surface area (Å²) in [6.45, 7) is 5.29. The third kappa shape index (κ3) is 5.88. The van der Waals surface area contributed by atoms with E-state index in [1.165, 1.54) is 38.4 Å². The zero-order valence-corrected chi connectivity index (χ0v) is 12.2. The van der Waals surface area contributed by atoms with Crippen LogP contribution in [0.4, 0.5) is 0 Å². The summed E-state index contributed by atoms with van der Waals surface area (Å²) in [4.78, 5) is 11.3. The van der Waals surface area contributed by atoms with Crippen LogP contribution in [0.1, 0.15) is 55.5 Å². The number of unbranched alkanes of at least 4 members (excludes halogenated alkanes) is 2. The number of ether oxygens (including phenoxy) is 1. The van der Waals surface area contributed by atoms with Crippen molar-refractivity contribution < 1.29 is 9.53 Å². The summed E-state index contributed by atoms with van der Waals surface area (Å²) in [5, 5.41) is 3.50. The zero-order chi connectivity index (χ0) is 14.1. The highest BCUT2D eigenvalue weighted by molar-refractivity contribution is 5.89. The van der Waals surface area contributed by atoms with Crippen molar-refractivity contribution in [1.82, 2.24) is 5.32 Å². The molecule has 0 bridgehead atoms. The molecular formula is C16H25NO2. The number of hydrogen-bond donors (Lipinski definition) is 1. The van der Waals surface area contributed by atoms with Crippen LogP contribution in [0.5, 0.6) is 0 Å². The van der Waals surface area contributed by atoms with E-state index in [4.69, 9.17) is 0 Å². The Bertz CT molecular complexity index is 373. The monoisotopic (exact) mass is 263 g/mol. The van der Waals surface area contributed by atoms with Crippen LogP contribution in [0.15, 0.2) is 24.3 Å². The molecule has 0 aliphatic rings. The van der Waals surface area contributed by atoms with Gasteiger partial charge in [-0.05, 0) is 31.0 Å². The number of esters is 1. The molecule has 1 aromatic rings. The Labute approximate surface area is 116 Å². The average Bonchev–Trinajstić information content (AvgIpc) is 2.45. The van der Waals surface area contributed by atoms with E-state index in [9.17, 15) is 4.79 Å². The van der Waals surface area contributed by atoms with Crippen molar-refractivity contribution in [2.75, 3.05) is 7.11 Å². The minimum absolute atomic E-state index is 0.285. The van der Waals surface area contributed by atoms with Crippen LogP contribution in [0.3, 0.4) is 0 Å². The molecule has 1 aromatic carbocycles. The molecule has 0 heterocycles. The first kappa shape index (κ1) is 15.7. The maximum Gasteiger partial charge on any atom is 0.337 e. The van der Waals surface area contributed by atoms with Crippen LogP contribution in [-0.2, 0) is 11.3 Å². The molecule has 19 heavy (non-hydrogen) atoms. The van der Waals surface area contributed by atoms with Crippen molar-refractivity contribution >= 4 is 5.97 Å². The third-order valence-corrected chi connectivity index (χ3v) is 3.27. The first-order valence-electron chi connectivity index (χ1n) is 7.08. The lowest BCUT2D eigenvalue weighted by atomic mass is 10.1. The molecule has 0 fully saturated rings. The lowest BCUT2D eigenvalue weighted by Gasteiger charge is -2.13. The lowest BCUT2D eigenvalue weighted by molar-refractivity contribution is 0.0600. The van der Waals surface area contributed by atoms with Crippen LogP contribution in [-0.4, -0.2) is 19.1 Å². The number of rotatable bonds is 8. The van der Waals surface area contributed by atoms with Crippen LogP contribution < -0.4 is 5.32 Å². The van der Waals surface area contributed by atoms with E-state index in [-0.39, 0.29) is 5.97 Å². The second-order valence-electron chi connectivity index (χ2n) is 4.97. The summed E-state index contributed by atoms with van der Waals surface area (Å²) in [7, 11) is 1.40. The number of methoxy groups -OCH3 is 1. The molecule has 0 aromatic heterocycles. The minimum atomic E-state index is -0.285. The third-order valence-electron chi connectivity index (χ3n) is 3.27. The van der Waals surface area contributed by atoms with Crippen LogP contribution in [0.2, 0.25) is 0 Å². The summed E-state index contributed by atoms with van der Waals surface area (Å²) in [5.41, 5.74) is 1.79. The predicted octanol–water partition coefficient (Wildman–Crippen LogP) is 3.53. The summed E-state index contributed by atoms with van der Waals surface area (Å²) >= 11 is 0. The van der Waals surface area contributed by atoms with Crippen molar-refractivity contribution in [3.05, 3.63) is 35.4 Å². The molecular weight excluding hydrogens is 238 g/mol. The van der Waals surface area contributed by atoms with Crippen LogP contribution in [0.25, 0.3) is 0 Å². The van der Waals surface area contributed by atoms with Gasteiger partial charge in [0.25, 0.3) is 0 Å². The molecule has 0 amide bonds. The van der Waals surface area contributed by atoms with Gasteiger partial charge in [0.15, 0.2) is 0 Å². The highest BCUT2D eigenvalue weighted by Gasteiger charge is 2.05. The van der Waals surface area contributed by atoms with Crippen LogP contribution in [0, 0.1) is 0 Å². The van der Waals surface area contributed by atoms with Gasteiger partial charge in [0.1, 0.15) is 0 Å². The van der Waals surface area contributed by atoms with Gasteiger partial charge in [-0.15, -0.1) is 0 Å². The molecule has 1 N–H and O–H groups in total. The topological polar surface area (TPSA) is 38.3 Å². The molecule has 0 radical (unpaired) electrons. The summed E-state index contributed by atoms with van der Waals surface area (Å²) in [6.07, 6.45) is 5.07. The van der Waals surface area contributed by atoms with Crippen LogP contribution >= 0.6 is 0 Å². The Kier molecular flexibility index (Phi) is 7.19. The molecule has 0 saturated carbocycles. The fourth-order valence-corrected chi connectivity index (χ4v) is 1.97. The Morgan fingerprint density at radius 2 is 1.95 bits per heavy atom. The van der Waals surface area contributed by atoms with E-state index in [1.807, 2.05) is 24.3 Å². The van der Waals surface area contributed by atoms with Gasteiger partial charge < -0.3 is 10.1 Å². The molecule has 0 spiro atoms. The summed E-state index contributed by atoms with van der Waals surface area (Å²) in [6, 6.07) is 8.09. The van der Waals surface area contributed by atoms with E-state index in [1.54, 1.807) is 0 Å². The van der Waals surface area contributed by atoms with Gasteiger partial charge in [0.2, 0.25) is 0 Å². The Morgan fingerprint density at radius 3 is 2.53 bits per heavy atom. The molecule has 1 rings (SSSR count). The number of carbonyl (C=O) groups excluding carboxylic acids is 1. The number of carbonyl (C=O) groups is 1. The highest BCUT2D eigenvalue weighted by atomic mass is 16.5. The second-order valence-corrected chi connectivity index (χ2v) is 4.97. The smallest absolute Gasteiger partial charge is 0.337 e. The van der Waals surface area contributed by atoms with Gasteiger partial charge in [-0.1, -0.05) is 38.3 Å². The van der Waals surface area contributed by atoms with Gasteiger partial charge in [0, 0.05) is 12.6 Å². The predicted molar refractivity (Wildman–Crippen MR) is 78.2 cm³/mol. The van der Waals surface area contributed by atoms with E-state index < -0.39 is 0 Å². The standard InChI is InChI=1S/C16H25NO2/c1-4-5-6-7-13(2)17-12-14-8-10-15(11-9-14)16(18)19-3/h8-11,13,17H,4-7,12H2,1-3H3. The van der Waals surface area contributed by atoms with Crippen molar-refractivity contribution in [1.29, 1.82) is 0 Å². The maximum atomic E-state index is 11.3. The van der Waals surface area contributed by atoms with Crippen molar-refractivity contribution in [3.63, 3.8) is 0 Å². The first-order chi connectivity index (χ1) is 9.17. The van der Waals surface area contributed by atoms with Gasteiger partial charge in [-0.25, -0.2) is 4.79 Å². The van der Waals surface area contributed by atoms with Crippen molar-refractivity contribution in [2.24, 2.45) is 0 Å². The van der Waals surface area contributed by atoms with Gasteiger partial charge in [-0.3, -0.25) is 0 Å². The van der Waals surface area contributed by atoms with E-state index in [0.717, 1.165) is 6.54 Å². The molecule has 1 unspecified atom stereocenters. The quantitative estimate of drug-likeness (QED) is 0.576. The zero-order valence-electron chi connectivity index (χ0n) is 12.2. The van der Waals surface area contributed by atoms with Gasteiger partial charge in [0.05, 0.1) is 12.7 Å². The largest absolute Gasteiger partial charge is 0.465 e. The molecule has 0 saturated heterocycles. The minimum Gasteiger partial charge on any atom is -0.465 e. The maximum absolute atomic E-state index is 11.3. The second kappa shape index (κ2) is 8.70. The summed E-state index contributed by atoms with van der Waals surface area (Å²) in [5.74, 6) is -0.285. The van der Waals surface area contributed by atoms with Gasteiger partial charge in [-0.2, -0.15) is 0 Å². The normalized spacial score (nSPS) is 12.2. The van der Waals surface area contributed by atoms with E-state index in [2.05, 4.69) is 23.9 Å². The number of benzene rings is 1. The molecule has 0 aliphatic heterocycles. The Morgan fingerprint density at radius 1 is 1.26 bits per heavy atom. The van der Waals surface area contributed by atoms with E-state index >= 15 is 0 Å². The molecule has 0 aliphatic carbocycles. The van der Waals surface area contributed by atoms with Crippen molar-refractivity contribution in [3.8, 4) is 0 Å². The lowest BCUT2D eigenvalue weighted by Crippen LogP contribution is -2.25. The van der Waals surface area contributed by atoms with Gasteiger partial charge >= 0.3 is 5.97 Å². The summed E-state index contributed by atoms with van der Waals surface area (Å²) < 4.78 is 4.67. The Hall–Kier alpha value is -1.35. The number of hydrogen-bond acceptors (Lipinski definition) is 3. The van der Waals surface area contributed by atoms with E-state index in [0.29, 0.717) is 11.6 Å². The molecule has 3 nitrogen and oxygen atoms in total. The highest BCUT2D eigenvalue weighted by Crippen LogP contribution is 2.07. The molecule has 1 atom stereocenters. The molecule has 3 heteroatoms. The SMILES string of the molecule is CCCCCC(C)NCc1ccc(C(=O)OC)cc1. The Balaban J connectivity index is 2.35. The average molecular weight is 263 g/mol. The fraction of sp³-hybridized carbons (Fsp3) is 0.562. The molecule has 106 valence electrons.